The van der Waals surface area contributed by atoms with Crippen LogP contribution in [0, 0.1) is 6.92 Å². The number of rotatable bonds is 6. The first-order valence-electron chi connectivity index (χ1n) is 6.72. The second-order valence-electron chi connectivity index (χ2n) is 4.79. The summed E-state index contributed by atoms with van der Waals surface area (Å²) in [7, 11) is 0. The molecule has 1 aromatic heterocycles. The zero-order valence-electron chi connectivity index (χ0n) is 11.8. The van der Waals surface area contributed by atoms with Crippen LogP contribution in [0.4, 0.5) is 0 Å². The highest BCUT2D eigenvalue weighted by Gasteiger charge is 2.11. The molecular weight excluding hydrogens is 272 g/mol. The monoisotopic (exact) mass is 292 g/mol. The molecule has 0 fully saturated rings. The number of H-pyrrole nitrogens is 1. The molecule has 20 heavy (non-hydrogen) atoms. The van der Waals surface area contributed by atoms with E-state index in [0.717, 1.165) is 12.0 Å². The van der Waals surface area contributed by atoms with Crippen LogP contribution >= 0.6 is 11.8 Å². The van der Waals surface area contributed by atoms with E-state index in [9.17, 15) is 4.79 Å². The lowest BCUT2D eigenvalue weighted by Gasteiger charge is -2.11. The molecule has 0 saturated heterocycles. The van der Waals surface area contributed by atoms with Crippen molar-refractivity contribution >= 4 is 11.8 Å². The normalized spacial score (nSPS) is 12.6. The van der Waals surface area contributed by atoms with Gasteiger partial charge in [0.05, 0.1) is 0 Å². The van der Waals surface area contributed by atoms with Gasteiger partial charge in [0.25, 0.3) is 0 Å². The fourth-order valence-corrected chi connectivity index (χ4v) is 2.87. The third-order valence-electron chi connectivity index (χ3n) is 3.07. The smallest absolute Gasteiger partial charge is 0.323 e. The third-order valence-corrected chi connectivity index (χ3v) is 4.16. The predicted molar refractivity (Wildman–Crippen MR) is 82.0 cm³/mol. The summed E-state index contributed by atoms with van der Waals surface area (Å²) in [6, 6.07) is 8.14. The molecule has 0 radical (unpaired) electrons. The van der Waals surface area contributed by atoms with Gasteiger partial charge in [0.2, 0.25) is 0 Å². The van der Waals surface area contributed by atoms with Crippen molar-refractivity contribution in [3.8, 4) is 0 Å². The predicted octanol–water partition coefficient (Wildman–Crippen LogP) is 2.08. The summed E-state index contributed by atoms with van der Waals surface area (Å²) >= 11 is 1.51. The van der Waals surface area contributed by atoms with Crippen LogP contribution in [0.25, 0.3) is 0 Å². The van der Waals surface area contributed by atoms with Crippen LogP contribution in [0.1, 0.15) is 30.5 Å². The van der Waals surface area contributed by atoms with Gasteiger partial charge in [-0.1, -0.05) is 48.5 Å². The van der Waals surface area contributed by atoms with Crippen LogP contribution in [-0.4, -0.2) is 20.5 Å². The summed E-state index contributed by atoms with van der Waals surface area (Å²) < 4.78 is 1.66. The number of hydrogen-bond acceptors (Lipinski definition) is 4. The first-order valence-corrected chi connectivity index (χ1v) is 7.70. The number of aryl methyl sites for hydroxylation is 1. The number of thioether (sulfide) groups is 1. The second kappa shape index (κ2) is 6.76. The molecule has 0 amide bonds. The van der Waals surface area contributed by atoms with Gasteiger partial charge in [-0.15, -0.1) is 5.10 Å². The Hall–Kier alpha value is -1.53. The van der Waals surface area contributed by atoms with Gasteiger partial charge in [-0.3, -0.25) is 4.57 Å². The molecule has 0 bridgehead atoms. The molecular formula is C14H20N4OS. The topological polar surface area (TPSA) is 76.7 Å². The zero-order valence-corrected chi connectivity index (χ0v) is 12.6. The van der Waals surface area contributed by atoms with Crippen LogP contribution in [-0.2, 0) is 6.54 Å². The highest BCUT2D eigenvalue weighted by Crippen LogP contribution is 2.21. The van der Waals surface area contributed by atoms with Gasteiger partial charge in [-0.05, 0) is 18.9 Å². The number of nitrogens with one attached hydrogen (secondary N) is 1. The van der Waals surface area contributed by atoms with E-state index in [1.54, 1.807) is 4.57 Å². The van der Waals surface area contributed by atoms with Gasteiger partial charge in [-0.25, -0.2) is 9.89 Å². The van der Waals surface area contributed by atoms with Crippen molar-refractivity contribution in [2.45, 2.75) is 38.0 Å². The summed E-state index contributed by atoms with van der Waals surface area (Å²) in [4.78, 5) is 11.6. The van der Waals surface area contributed by atoms with Gasteiger partial charge < -0.3 is 5.73 Å². The lowest BCUT2D eigenvalue weighted by molar-refractivity contribution is 0.603. The molecule has 3 N–H and O–H groups in total. The van der Waals surface area contributed by atoms with Crippen molar-refractivity contribution < 1.29 is 0 Å². The standard InChI is InChI=1S/C14H20N4OS/c1-3-8-18-13(19)16-17-14(18)20-9-12(15)11-6-4-10(2)5-7-11/h4-7,12H,3,8-9,15H2,1-2H3,(H,16,19). The average Bonchev–Trinajstić information content (AvgIpc) is 2.79. The highest BCUT2D eigenvalue weighted by molar-refractivity contribution is 7.99. The van der Waals surface area contributed by atoms with Crippen molar-refractivity contribution in [3.63, 3.8) is 0 Å². The van der Waals surface area contributed by atoms with Crippen LogP contribution in [0.15, 0.2) is 34.2 Å². The number of aromatic amines is 1. The highest BCUT2D eigenvalue weighted by atomic mass is 32.2. The number of hydrogen-bond donors (Lipinski definition) is 2. The van der Waals surface area contributed by atoms with E-state index < -0.39 is 0 Å². The van der Waals surface area contributed by atoms with Crippen molar-refractivity contribution in [3.05, 3.63) is 45.9 Å². The number of aromatic nitrogens is 3. The zero-order chi connectivity index (χ0) is 14.5. The van der Waals surface area contributed by atoms with Crippen molar-refractivity contribution in [2.24, 2.45) is 5.73 Å². The molecule has 1 unspecified atom stereocenters. The van der Waals surface area contributed by atoms with E-state index in [1.165, 1.54) is 17.3 Å². The largest absolute Gasteiger partial charge is 0.343 e. The maximum absolute atomic E-state index is 11.6. The maximum atomic E-state index is 11.6. The molecule has 0 aliphatic rings. The fraction of sp³-hybridized carbons (Fsp3) is 0.429. The third kappa shape index (κ3) is 3.52. The Morgan fingerprint density at radius 2 is 2.10 bits per heavy atom. The Morgan fingerprint density at radius 3 is 2.75 bits per heavy atom. The first kappa shape index (κ1) is 14.9. The number of benzene rings is 1. The van der Waals surface area contributed by atoms with E-state index in [1.807, 2.05) is 19.1 Å². The molecule has 2 rings (SSSR count). The van der Waals surface area contributed by atoms with Gasteiger partial charge in [0, 0.05) is 18.3 Å². The molecule has 1 heterocycles. The lowest BCUT2D eigenvalue weighted by Crippen LogP contribution is -2.18. The molecule has 2 aromatic rings. The summed E-state index contributed by atoms with van der Waals surface area (Å²) in [5, 5.41) is 7.24. The molecule has 0 aliphatic carbocycles. The first-order chi connectivity index (χ1) is 9.61. The van der Waals surface area contributed by atoms with Crippen LogP contribution in [0.5, 0.6) is 0 Å². The van der Waals surface area contributed by atoms with E-state index in [-0.39, 0.29) is 11.7 Å². The summed E-state index contributed by atoms with van der Waals surface area (Å²) in [6.45, 7) is 4.76. The Morgan fingerprint density at radius 1 is 1.40 bits per heavy atom. The SMILES string of the molecule is CCCn1c(SCC(N)c2ccc(C)cc2)n[nH]c1=O. The number of nitrogens with two attached hydrogens (primary N) is 1. The van der Waals surface area contributed by atoms with E-state index in [4.69, 9.17) is 5.73 Å². The minimum Gasteiger partial charge on any atom is -0.323 e. The van der Waals surface area contributed by atoms with Gasteiger partial charge in [-0.2, -0.15) is 0 Å². The minimum atomic E-state index is -0.154. The van der Waals surface area contributed by atoms with Crippen molar-refractivity contribution in [2.75, 3.05) is 5.75 Å². The minimum absolute atomic E-state index is 0.0671. The van der Waals surface area contributed by atoms with Crippen LogP contribution < -0.4 is 11.4 Å². The fourth-order valence-electron chi connectivity index (χ4n) is 1.91. The molecule has 6 heteroatoms. The van der Waals surface area contributed by atoms with Crippen molar-refractivity contribution in [1.29, 1.82) is 0 Å². The summed E-state index contributed by atoms with van der Waals surface area (Å²) in [6.07, 6.45) is 0.900. The van der Waals surface area contributed by atoms with E-state index in [0.29, 0.717) is 17.5 Å². The molecule has 0 saturated carbocycles. The Balaban J connectivity index is 2.01. The molecule has 0 aliphatic heterocycles. The summed E-state index contributed by atoms with van der Waals surface area (Å²) in [5.74, 6) is 0.692. The van der Waals surface area contributed by atoms with E-state index >= 15 is 0 Å². The Kier molecular flexibility index (Phi) is 5.03. The number of nitrogens with zero attached hydrogens (tertiary/aromatic N) is 2. The maximum Gasteiger partial charge on any atom is 0.343 e. The van der Waals surface area contributed by atoms with E-state index in [2.05, 4.69) is 29.3 Å². The molecule has 0 spiro atoms. The van der Waals surface area contributed by atoms with Crippen LogP contribution in [0.2, 0.25) is 0 Å². The molecule has 108 valence electrons. The van der Waals surface area contributed by atoms with Gasteiger partial charge in [0.15, 0.2) is 5.16 Å². The second-order valence-corrected chi connectivity index (χ2v) is 5.78. The Bertz CT molecular complexity index is 602. The lowest BCUT2D eigenvalue weighted by atomic mass is 10.1. The average molecular weight is 292 g/mol. The molecule has 1 aromatic carbocycles. The van der Waals surface area contributed by atoms with Crippen LogP contribution in [0.3, 0.4) is 0 Å². The molecule has 1 atom stereocenters. The van der Waals surface area contributed by atoms with Gasteiger partial charge >= 0.3 is 5.69 Å². The van der Waals surface area contributed by atoms with Crippen molar-refractivity contribution in [1.82, 2.24) is 14.8 Å². The summed E-state index contributed by atoms with van der Waals surface area (Å²) in [5.41, 5.74) is 8.34. The quantitative estimate of drug-likeness (QED) is 0.799. The molecule has 5 nitrogen and oxygen atoms in total. The van der Waals surface area contributed by atoms with Gasteiger partial charge in [0.1, 0.15) is 0 Å². The Labute approximate surface area is 122 Å².